The Morgan fingerprint density at radius 1 is 1.00 bits per heavy atom. The summed E-state index contributed by atoms with van der Waals surface area (Å²) in [6.45, 7) is 4.59. The topological polar surface area (TPSA) is 147 Å². The third-order valence-corrected chi connectivity index (χ3v) is 10.5. The summed E-state index contributed by atoms with van der Waals surface area (Å²) in [5.41, 5.74) is 7.84. The van der Waals surface area contributed by atoms with Gasteiger partial charge in [-0.25, -0.2) is 4.79 Å². The Morgan fingerprint density at radius 2 is 1.78 bits per heavy atom. The van der Waals surface area contributed by atoms with Crippen molar-refractivity contribution < 1.29 is 14.3 Å². The number of ether oxygens (including phenoxy) is 1. The number of likely N-dealkylation sites (tertiary alicyclic amines) is 1. The van der Waals surface area contributed by atoms with Gasteiger partial charge in [0.15, 0.2) is 17.3 Å². The summed E-state index contributed by atoms with van der Waals surface area (Å²) >= 11 is 0. The zero-order valence-corrected chi connectivity index (χ0v) is 26.0. The van der Waals surface area contributed by atoms with Gasteiger partial charge in [-0.2, -0.15) is 4.98 Å². The SMILES string of the molecule is NC1CCC(n2cc3c(nc2=O)Nc2cc(C4CCN(CC(=O)N(CC5CCC(=O)N5)C5CCNCC5)CC4)ccc2O3)CC1. The van der Waals surface area contributed by atoms with E-state index in [0.29, 0.717) is 37.0 Å². The first-order valence-corrected chi connectivity index (χ1v) is 16.9. The number of amides is 2. The van der Waals surface area contributed by atoms with E-state index >= 15 is 0 Å². The van der Waals surface area contributed by atoms with Gasteiger partial charge in [-0.1, -0.05) is 6.07 Å². The summed E-state index contributed by atoms with van der Waals surface area (Å²) in [6, 6.07) is 6.86. The largest absolute Gasteiger partial charge is 0.450 e. The molecule has 7 rings (SSSR count). The van der Waals surface area contributed by atoms with E-state index in [9.17, 15) is 14.4 Å². The second kappa shape index (κ2) is 13.1. The molecule has 2 amide bonds. The summed E-state index contributed by atoms with van der Waals surface area (Å²) in [7, 11) is 0. The average Bonchev–Trinajstić information content (AvgIpc) is 3.47. The van der Waals surface area contributed by atoms with Crippen LogP contribution in [0.3, 0.4) is 0 Å². The fourth-order valence-corrected chi connectivity index (χ4v) is 7.82. The number of carbonyl (C=O) groups excluding carboxylic acids is 2. The van der Waals surface area contributed by atoms with Gasteiger partial charge >= 0.3 is 5.69 Å². The lowest BCUT2D eigenvalue weighted by Crippen LogP contribution is -2.53. The van der Waals surface area contributed by atoms with Gasteiger partial charge in [0.2, 0.25) is 11.8 Å². The van der Waals surface area contributed by atoms with Crippen molar-refractivity contribution in [3.8, 4) is 11.5 Å². The van der Waals surface area contributed by atoms with Gasteiger partial charge in [0.05, 0.1) is 18.4 Å². The summed E-state index contributed by atoms with van der Waals surface area (Å²) in [5.74, 6) is 2.39. The molecule has 45 heavy (non-hydrogen) atoms. The van der Waals surface area contributed by atoms with Crippen LogP contribution in [-0.2, 0) is 9.59 Å². The second-order valence-corrected chi connectivity index (χ2v) is 13.6. The monoisotopic (exact) mass is 618 g/mol. The number of rotatable bonds is 7. The highest BCUT2D eigenvalue weighted by Crippen LogP contribution is 2.43. The highest BCUT2D eigenvalue weighted by atomic mass is 16.5. The first-order valence-electron chi connectivity index (χ1n) is 16.9. The van der Waals surface area contributed by atoms with Crippen molar-refractivity contribution in [2.75, 3.05) is 44.6 Å². The summed E-state index contributed by atoms with van der Waals surface area (Å²) in [4.78, 5) is 47.0. The number of anilines is 2. The molecule has 0 bridgehead atoms. The van der Waals surface area contributed by atoms with Crippen LogP contribution in [0.5, 0.6) is 11.5 Å². The van der Waals surface area contributed by atoms with Crippen LogP contribution < -0.4 is 32.1 Å². The van der Waals surface area contributed by atoms with Crippen LogP contribution in [0.25, 0.3) is 0 Å². The number of nitrogens with one attached hydrogen (secondary N) is 3. The third-order valence-electron chi connectivity index (χ3n) is 10.5. The maximum atomic E-state index is 13.6. The Hall–Kier alpha value is -3.48. The van der Waals surface area contributed by atoms with E-state index in [0.717, 1.165) is 95.4 Å². The molecule has 2 aromatic rings. The fraction of sp³-hybridized carbons (Fsp3) is 0.636. The average molecular weight is 619 g/mol. The minimum Gasteiger partial charge on any atom is -0.450 e. The lowest BCUT2D eigenvalue weighted by molar-refractivity contribution is -0.136. The zero-order chi connectivity index (χ0) is 30.9. The first kappa shape index (κ1) is 30.2. The number of piperidine rings is 2. The zero-order valence-electron chi connectivity index (χ0n) is 26.0. The third kappa shape index (κ3) is 6.73. The van der Waals surface area contributed by atoms with Crippen molar-refractivity contribution in [2.24, 2.45) is 5.73 Å². The number of aromatic nitrogens is 2. The highest BCUT2D eigenvalue weighted by Gasteiger charge is 2.33. The molecule has 12 heteroatoms. The van der Waals surface area contributed by atoms with Crippen LogP contribution in [0, 0.1) is 0 Å². The molecular formula is C33H46N8O4. The second-order valence-electron chi connectivity index (χ2n) is 13.6. The molecule has 1 atom stereocenters. The van der Waals surface area contributed by atoms with Gasteiger partial charge in [0.1, 0.15) is 0 Å². The molecule has 3 saturated heterocycles. The first-order chi connectivity index (χ1) is 21.9. The van der Waals surface area contributed by atoms with Gasteiger partial charge in [0, 0.05) is 37.1 Å². The van der Waals surface area contributed by atoms with Gasteiger partial charge in [0.25, 0.3) is 0 Å². The van der Waals surface area contributed by atoms with Crippen molar-refractivity contribution in [1.82, 2.24) is 30.0 Å². The molecule has 1 unspecified atom stereocenters. The standard InChI is InChI=1S/C33H46N8O4/c34-23-2-5-25(6-3-23)41-19-29-32(38-33(41)44)37-27-17-22(1-7-28(27)45-29)21-11-15-39(16-12-21)20-31(43)40(26-9-13-35-14-10-26)18-24-4-8-30(42)36-24/h1,7,17,19,21,23-26,35H,2-6,8-16,18,20,34H2,(H,36,42)(H,37,38,44). The molecule has 5 heterocycles. The molecular weight excluding hydrogens is 572 g/mol. The summed E-state index contributed by atoms with van der Waals surface area (Å²) in [5, 5.41) is 9.80. The maximum Gasteiger partial charge on any atom is 0.350 e. The number of hydrogen-bond donors (Lipinski definition) is 4. The smallest absolute Gasteiger partial charge is 0.350 e. The lowest BCUT2D eigenvalue weighted by Gasteiger charge is -2.38. The molecule has 1 aromatic carbocycles. The molecule has 4 aliphatic heterocycles. The Labute approximate surface area is 264 Å². The fourth-order valence-electron chi connectivity index (χ4n) is 7.82. The van der Waals surface area contributed by atoms with Gasteiger partial charge < -0.3 is 31.3 Å². The molecule has 1 aliphatic carbocycles. The van der Waals surface area contributed by atoms with E-state index in [1.54, 1.807) is 10.8 Å². The molecule has 4 fully saturated rings. The molecule has 12 nitrogen and oxygen atoms in total. The van der Waals surface area contributed by atoms with E-state index in [1.807, 2.05) is 6.07 Å². The van der Waals surface area contributed by atoms with Crippen LogP contribution in [0.15, 0.2) is 29.2 Å². The van der Waals surface area contributed by atoms with Crippen molar-refractivity contribution in [3.05, 3.63) is 40.4 Å². The number of benzene rings is 1. The maximum absolute atomic E-state index is 13.6. The lowest BCUT2D eigenvalue weighted by atomic mass is 9.89. The Balaban J connectivity index is 0.962. The molecule has 1 saturated carbocycles. The Kier molecular flexibility index (Phi) is 8.78. The van der Waals surface area contributed by atoms with E-state index in [2.05, 4.69) is 42.9 Å². The van der Waals surface area contributed by atoms with E-state index in [-0.39, 0.29) is 41.7 Å². The number of hydrogen-bond acceptors (Lipinski definition) is 9. The van der Waals surface area contributed by atoms with Gasteiger partial charge in [-0.3, -0.25) is 19.1 Å². The minimum absolute atomic E-state index is 0.0585. The van der Waals surface area contributed by atoms with Crippen LogP contribution >= 0.6 is 0 Å². The quantitative estimate of drug-likeness (QED) is 0.314. The van der Waals surface area contributed by atoms with Crippen LogP contribution in [0.1, 0.15) is 81.7 Å². The van der Waals surface area contributed by atoms with Gasteiger partial charge in [-0.15, -0.1) is 0 Å². The molecule has 5 N–H and O–H groups in total. The van der Waals surface area contributed by atoms with E-state index in [1.165, 1.54) is 5.56 Å². The molecule has 242 valence electrons. The number of nitrogens with zero attached hydrogens (tertiary/aromatic N) is 4. The summed E-state index contributed by atoms with van der Waals surface area (Å²) < 4.78 is 7.94. The minimum atomic E-state index is -0.265. The van der Waals surface area contributed by atoms with Crippen molar-refractivity contribution >= 4 is 23.3 Å². The van der Waals surface area contributed by atoms with Crippen LogP contribution in [-0.4, -0.2) is 88.6 Å². The van der Waals surface area contributed by atoms with E-state index in [4.69, 9.17) is 10.5 Å². The van der Waals surface area contributed by atoms with Crippen molar-refractivity contribution in [1.29, 1.82) is 0 Å². The van der Waals surface area contributed by atoms with Crippen LogP contribution in [0.4, 0.5) is 11.5 Å². The molecule has 0 radical (unpaired) electrons. The normalized spacial score (nSPS) is 25.9. The number of fused-ring (bicyclic) bond motifs is 2. The van der Waals surface area contributed by atoms with Crippen LogP contribution in [0.2, 0.25) is 0 Å². The van der Waals surface area contributed by atoms with Crippen molar-refractivity contribution in [2.45, 2.75) is 94.3 Å². The molecule has 1 aromatic heterocycles. The summed E-state index contributed by atoms with van der Waals surface area (Å²) in [6.07, 6.45) is 10.5. The number of nitrogens with two attached hydrogens (primary N) is 1. The highest BCUT2D eigenvalue weighted by molar-refractivity contribution is 5.80. The van der Waals surface area contributed by atoms with Crippen molar-refractivity contribution in [3.63, 3.8) is 0 Å². The van der Waals surface area contributed by atoms with Gasteiger partial charge in [-0.05, 0) is 108 Å². The Bertz CT molecular complexity index is 1460. The molecule has 5 aliphatic rings. The number of carbonyl (C=O) groups is 2. The molecule has 0 spiro atoms. The Morgan fingerprint density at radius 3 is 2.51 bits per heavy atom. The predicted molar refractivity (Wildman–Crippen MR) is 171 cm³/mol. The van der Waals surface area contributed by atoms with E-state index < -0.39 is 0 Å². The predicted octanol–water partition coefficient (Wildman–Crippen LogP) is 2.57.